The Morgan fingerprint density at radius 1 is 0.882 bits per heavy atom. The van der Waals surface area contributed by atoms with Crippen LogP contribution >= 0.6 is 11.8 Å². The van der Waals surface area contributed by atoms with Crippen LogP contribution in [-0.4, -0.2) is 22.6 Å². The van der Waals surface area contributed by atoms with Crippen LogP contribution in [0.1, 0.15) is 0 Å². The number of para-hydroxylation sites is 1. The van der Waals surface area contributed by atoms with Crippen LogP contribution in [-0.2, 0) is 20.1 Å². The van der Waals surface area contributed by atoms with Crippen LogP contribution < -0.4 is 4.58 Å². The summed E-state index contributed by atoms with van der Waals surface area (Å²) in [5.74, 6) is 0. The van der Waals surface area contributed by atoms with E-state index in [4.69, 9.17) is 0 Å². The van der Waals surface area contributed by atoms with Gasteiger partial charge >= 0.3 is 11.7 Å². The van der Waals surface area contributed by atoms with E-state index in [9.17, 15) is 0 Å². The van der Waals surface area contributed by atoms with Gasteiger partial charge in [-0.2, -0.15) is 0 Å². The van der Waals surface area contributed by atoms with Gasteiger partial charge in [0.05, 0.1) is 4.90 Å². The van der Waals surface area contributed by atoms with Crippen molar-refractivity contribution in [3.8, 4) is 11.3 Å². The van der Waals surface area contributed by atoms with Gasteiger partial charge in [0.15, 0.2) is 12.7 Å². The van der Waals surface area contributed by atoms with Gasteiger partial charge in [-0.1, -0.05) is 45.5 Å². The van der Waals surface area contributed by atoms with Crippen LogP contribution in [0.5, 0.6) is 0 Å². The molecule has 4 aromatic carbocycles. The number of pyridine rings is 1. The molecular weight excluding hydrogens is 615 g/mol. The molecule has 0 bridgehead atoms. The first-order chi connectivity index (χ1) is 16.3. The van der Waals surface area contributed by atoms with Crippen molar-refractivity contribution in [3.05, 3.63) is 109 Å². The Labute approximate surface area is 216 Å². The van der Waals surface area contributed by atoms with Crippen molar-refractivity contribution in [2.24, 2.45) is 0 Å². The van der Waals surface area contributed by atoms with Crippen LogP contribution in [0.25, 0.3) is 22.0 Å². The summed E-state index contributed by atoms with van der Waals surface area (Å²) in [4.78, 5) is 6.73. The fourth-order valence-electron chi connectivity index (χ4n) is 4.08. The molecule has 1 radical (unpaired) electrons. The second kappa shape index (κ2) is 9.50. The summed E-state index contributed by atoms with van der Waals surface area (Å²) in [6.45, 7) is 0. The number of fused-ring (bicyclic) bond motifs is 3. The molecule has 7 rings (SSSR count). The maximum Gasteiger partial charge on any atom is 0.494 e. The minimum Gasteiger partial charge on any atom is -0.305 e. The molecule has 0 fully saturated rings. The molecule has 0 unspecified atom stereocenters. The zero-order chi connectivity index (χ0) is 22.2. The smallest absolute Gasteiger partial charge is 0.305 e. The third-order valence-corrected chi connectivity index (χ3v) is 6.72. The van der Waals surface area contributed by atoms with E-state index in [1.54, 1.807) is 6.20 Å². The van der Waals surface area contributed by atoms with Gasteiger partial charge in [0, 0.05) is 37.3 Å². The Hall–Kier alpha value is -3.33. The minimum atomic E-state index is 0. The molecule has 0 amide bonds. The van der Waals surface area contributed by atoms with E-state index in [0.29, 0.717) is 0 Å². The molecule has 0 saturated heterocycles. The number of benzene rings is 4. The van der Waals surface area contributed by atoms with E-state index < -0.39 is 0 Å². The second-order valence-corrected chi connectivity index (χ2v) is 8.86. The van der Waals surface area contributed by atoms with Gasteiger partial charge in [-0.3, -0.25) is 0 Å². The molecule has 2 aliphatic heterocycles. The first-order valence-corrected chi connectivity index (χ1v) is 11.5. The Bertz CT molecular complexity index is 1540. The molecule has 5 heteroatoms. The molecule has 0 atom stereocenters. The molecule has 3 heterocycles. The molecule has 1 aromatic heterocycles. The van der Waals surface area contributed by atoms with Gasteiger partial charge in [-0.25, -0.2) is 0 Å². The molecular formula is C29H19IrN3S. The number of nitrogens with zero attached hydrogens (tertiary/aromatic N) is 3. The zero-order valence-corrected chi connectivity index (χ0v) is 21.5. The summed E-state index contributed by atoms with van der Waals surface area (Å²) < 4.78 is 4.19. The summed E-state index contributed by atoms with van der Waals surface area (Å²) in [6, 6.07) is 40.8. The quantitative estimate of drug-likeness (QED) is 0.144. The van der Waals surface area contributed by atoms with Crippen molar-refractivity contribution in [2.45, 2.75) is 9.79 Å². The van der Waals surface area contributed by atoms with Crippen molar-refractivity contribution in [2.75, 3.05) is 7.05 Å². The van der Waals surface area contributed by atoms with E-state index in [2.05, 4.69) is 80.8 Å². The topological polar surface area (TPSA) is 18.9 Å². The van der Waals surface area contributed by atoms with Gasteiger partial charge in [-0.05, 0) is 17.8 Å². The molecule has 0 spiro atoms. The zero-order valence-electron chi connectivity index (χ0n) is 18.3. The number of hydrogen-bond acceptors (Lipinski definition) is 2. The molecule has 5 aromatic rings. The third kappa shape index (κ3) is 4.04. The van der Waals surface area contributed by atoms with Crippen molar-refractivity contribution in [3.63, 3.8) is 0 Å². The number of rotatable bonds is 1. The fourth-order valence-corrected chi connectivity index (χ4v) is 5.18. The van der Waals surface area contributed by atoms with Crippen LogP contribution in [0.4, 0.5) is 17.1 Å². The first kappa shape index (κ1) is 22.5. The van der Waals surface area contributed by atoms with Crippen molar-refractivity contribution in [1.82, 2.24) is 9.56 Å². The number of hydrogen-bond donors (Lipinski definition) is 0. The van der Waals surface area contributed by atoms with Crippen LogP contribution in [0.2, 0.25) is 0 Å². The summed E-state index contributed by atoms with van der Waals surface area (Å²) in [5.41, 5.74) is 5.54. The molecule has 2 aliphatic rings. The molecule has 34 heavy (non-hydrogen) atoms. The van der Waals surface area contributed by atoms with E-state index >= 15 is 0 Å². The number of aromatic nitrogens is 1. The normalized spacial score (nSPS) is 12.4. The predicted octanol–water partition coefficient (Wildman–Crippen LogP) is 6.95. The SMILES string of the molecule is C[N+]1=C=[N+]2c3[c-]c4ccccc4cc3Sc3cccc1c32.[Ir].[c-]1ccccc1-c1ccccn1. The van der Waals surface area contributed by atoms with Crippen molar-refractivity contribution >= 4 is 45.6 Å². The van der Waals surface area contributed by atoms with Crippen molar-refractivity contribution < 1.29 is 24.7 Å². The fraction of sp³-hybridized carbons (Fsp3) is 0.0345. The van der Waals surface area contributed by atoms with E-state index in [1.165, 1.54) is 26.6 Å². The van der Waals surface area contributed by atoms with Gasteiger partial charge in [-0.15, -0.1) is 76.6 Å². The Balaban J connectivity index is 0.000000159. The van der Waals surface area contributed by atoms with Gasteiger partial charge < -0.3 is 4.98 Å². The monoisotopic (exact) mass is 634 g/mol. The van der Waals surface area contributed by atoms with Crippen LogP contribution in [0.3, 0.4) is 0 Å². The second-order valence-electron chi connectivity index (χ2n) is 7.78. The van der Waals surface area contributed by atoms with E-state index in [1.807, 2.05) is 61.3 Å². The van der Waals surface area contributed by atoms with E-state index in [0.717, 1.165) is 22.3 Å². The maximum absolute atomic E-state index is 4.22. The minimum absolute atomic E-state index is 0. The summed E-state index contributed by atoms with van der Waals surface area (Å²) in [7, 11) is 2.04. The average molecular weight is 634 g/mol. The molecule has 0 saturated carbocycles. The maximum atomic E-state index is 4.22. The van der Waals surface area contributed by atoms with E-state index in [-0.39, 0.29) is 20.1 Å². The standard InChI is InChI=1S/C18H11N2S.C11H8N.Ir/c1-19-11-20-15-9-12-5-2-3-6-13(12)10-17(15)21-16-8-4-7-14(19)18(16)20;1-2-6-10(7-3-1)11-8-4-5-9-12-11;/h2-8,10H,1H3;1-6,8-9H;/q+1;-1;. The van der Waals surface area contributed by atoms with Gasteiger partial charge in [0.2, 0.25) is 0 Å². The summed E-state index contributed by atoms with van der Waals surface area (Å²) in [5, 5.41) is 2.38. The molecule has 3 nitrogen and oxygen atoms in total. The Morgan fingerprint density at radius 2 is 1.74 bits per heavy atom. The summed E-state index contributed by atoms with van der Waals surface area (Å²) in [6.07, 6.45) is 1.79. The molecule has 165 valence electrons. The Morgan fingerprint density at radius 3 is 2.56 bits per heavy atom. The third-order valence-electron chi connectivity index (χ3n) is 5.64. The molecule has 0 N–H and O–H groups in total. The molecule has 0 aliphatic carbocycles. The summed E-state index contributed by atoms with van der Waals surface area (Å²) >= 11 is 1.82. The Kier molecular flexibility index (Phi) is 6.27. The van der Waals surface area contributed by atoms with Crippen molar-refractivity contribution in [1.29, 1.82) is 0 Å². The largest absolute Gasteiger partial charge is 0.494 e. The predicted molar refractivity (Wildman–Crippen MR) is 134 cm³/mol. The van der Waals surface area contributed by atoms with Crippen LogP contribution in [0, 0.1) is 12.1 Å². The first-order valence-electron chi connectivity index (χ1n) is 10.7. The van der Waals surface area contributed by atoms with Crippen LogP contribution in [0.15, 0.2) is 107 Å². The van der Waals surface area contributed by atoms with Gasteiger partial charge in [0.1, 0.15) is 0 Å². The van der Waals surface area contributed by atoms with Gasteiger partial charge in [0.25, 0.3) is 5.69 Å². The average Bonchev–Trinajstić information content (AvgIpc) is 3.22.